The van der Waals surface area contributed by atoms with Gasteiger partial charge in [0.2, 0.25) is 5.88 Å². The highest BCUT2D eigenvalue weighted by Gasteiger charge is 2.49. The topological polar surface area (TPSA) is 43.4 Å². The highest BCUT2D eigenvalue weighted by Crippen LogP contribution is 2.45. The Morgan fingerprint density at radius 3 is 2.81 bits per heavy atom. The smallest absolute Gasteiger partial charge is 0.237 e. The number of rotatable bonds is 7. The monoisotopic (exact) mass is 292 g/mol. The molecule has 2 atom stereocenters. The van der Waals surface area contributed by atoms with Gasteiger partial charge in [0.05, 0.1) is 18.4 Å². The van der Waals surface area contributed by atoms with E-state index < -0.39 is 0 Å². The predicted molar refractivity (Wildman–Crippen MR) is 85.8 cm³/mol. The first-order valence-electron chi connectivity index (χ1n) is 7.91. The average Bonchev–Trinajstić information content (AvgIpc) is 2.43. The average molecular weight is 292 g/mol. The molecule has 0 spiro atoms. The summed E-state index contributed by atoms with van der Waals surface area (Å²) in [4.78, 5) is 4.29. The number of hydrogen-bond acceptors (Lipinski definition) is 4. The third-order valence-corrected chi connectivity index (χ3v) is 4.19. The van der Waals surface area contributed by atoms with E-state index in [9.17, 15) is 0 Å². The minimum absolute atomic E-state index is 0.119. The minimum atomic E-state index is 0.119. The van der Waals surface area contributed by atoms with Crippen LogP contribution in [-0.2, 0) is 4.74 Å². The van der Waals surface area contributed by atoms with Crippen molar-refractivity contribution in [2.75, 3.05) is 18.5 Å². The summed E-state index contributed by atoms with van der Waals surface area (Å²) in [7, 11) is 0. The zero-order chi connectivity index (χ0) is 15.5. The lowest BCUT2D eigenvalue weighted by molar-refractivity contribution is -0.108. The third kappa shape index (κ3) is 3.67. The maximum atomic E-state index is 6.01. The Hall–Kier alpha value is -1.29. The number of anilines is 1. The summed E-state index contributed by atoms with van der Waals surface area (Å²) in [5.41, 5.74) is 1.09. The van der Waals surface area contributed by atoms with Crippen LogP contribution in [0.1, 0.15) is 41.0 Å². The Labute approximate surface area is 128 Å². The van der Waals surface area contributed by atoms with Gasteiger partial charge >= 0.3 is 0 Å². The van der Waals surface area contributed by atoms with Crippen molar-refractivity contribution in [3.8, 4) is 5.88 Å². The molecule has 1 heterocycles. The standard InChI is InChI=1S/C17H28N2O2/c1-6-20-16-13(8-7-9-18-16)19-14-10-15(17(14,4)5)21-11-12(2)3/h7-9,12,14-15,19H,6,10-11H2,1-5H3. The van der Waals surface area contributed by atoms with Gasteiger partial charge in [-0.25, -0.2) is 4.98 Å². The number of hydrogen-bond donors (Lipinski definition) is 1. The van der Waals surface area contributed by atoms with Crippen molar-refractivity contribution in [3.05, 3.63) is 18.3 Å². The first kappa shape index (κ1) is 16.1. The van der Waals surface area contributed by atoms with E-state index in [-0.39, 0.29) is 5.41 Å². The van der Waals surface area contributed by atoms with Crippen LogP contribution in [0.2, 0.25) is 0 Å². The molecule has 0 aliphatic heterocycles. The molecule has 1 aliphatic rings. The Balaban J connectivity index is 1.96. The van der Waals surface area contributed by atoms with Crippen LogP contribution >= 0.6 is 0 Å². The predicted octanol–water partition coefficient (Wildman–Crippen LogP) is 3.73. The molecule has 1 saturated carbocycles. The second kappa shape index (κ2) is 6.65. The lowest BCUT2D eigenvalue weighted by Crippen LogP contribution is -2.58. The molecular weight excluding hydrogens is 264 g/mol. The van der Waals surface area contributed by atoms with E-state index in [0.29, 0.717) is 30.6 Å². The van der Waals surface area contributed by atoms with E-state index >= 15 is 0 Å². The largest absolute Gasteiger partial charge is 0.476 e. The van der Waals surface area contributed by atoms with Crippen molar-refractivity contribution in [2.24, 2.45) is 11.3 Å². The number of aromatic nitrogens is 1. The van der Waals surface area contributed by atoms with Gasteiger partial charge in [-0.3, -0.25) is 0 Å². The van der Waals surface area contributed by atoms with Crippen molar-refractivity contribution >= 4 is 5.69 Å². The molecule has 1 aromatic heterocycles. The first-order chi connectivity index (χ1) is 9.95. The second-order valence-corrected chi connectivity index (χ2v) is 6.76. The van der Waals surface area contributed by atoms with Crippen LogP contribution in [0.3, 0.4) is 0 Å². The van der Waals surface area contributed by atoms with E-state index in [0.717, 1.165) is 18.7 Å². The molecule has 21 heavy (non-hydrogen) atoms. The van der Waals surface area contributed by atoms with Gasteiger partial charge in [0.15, 0.2) is 0 Å². The SMILES string of the molecule is CCOc1ncccc1NC1CC(OCC(C)C)C1(C)C. The molecule has 1 aromatic rings. The van der Waals surface area contributed by atoms with E-state index in [2.05, 4.69) is 38.0 Å². The van der Waals surface area contributed by atoms with Gasteiger partial charge in [-0.1, -0.05) is 27.7 Å². The minimum Gasteiger partial charge on any atom is -0.476 e. The van der Waals surface area contributed by atoms with Gasteiger partial charge < -0.3 is 14.8 Å². The zero-order valence-corrected chi connectivity index (χ0v) is 13.8. The highest BCUT2D eigenvalue weighted by atomic mass is 16.5. The van der Waals surface area contributed by atoms with Gasteiger partial charge in [-0.2, -0.15) is 0 Å². The van der Waals surface area contributed by atoms with E-state index in [1.165, 1.54) is 0 Å². The van der Waals surface area contributed by atoms with Crippen molar-refractivity contribution in [1.29, 1.82) is 0 Å². The maximum Gasteiger partial charge on any atom is 0.237 e. The summed E-state index contributed by atoms with van der Waals surface area (Å²) in [6, 6.07) is 4.35. The number of ether oxygens (including phenoxy) is 2. The third-order valence-electron chi connectivity index (χ3n) is 4.19. The summed E-state index contributed by atoms with van der Waals surface area (Å²) < 4.78 is 11.6. The molecule has 0 bridgehead atoms. The summed E-state index contributed by atoms with van der Waals surface area (Å²) >= 11 is 0. The number of nitrogens with zero attached hydrogens (tertiary/aromatic N) is 1. The Bertz CT molecular complexity index is 460. The maximum absolute atomic E-state index is 6.01. The second-order valence-electron chi connectivity index (χ2n) is 6.76. The van der Waals surface area contributed by atoms with Gasteiger partial charge in [0.25, 0.3) is 0 Å². The molecule has 0 radical (unpaired) electrons. The molecule has 2 rings (SSSR count). The fourth-order valence-electron chi connectivity index (χ4n) is 2.66. The zero-order valence-electron chi connectivity index (χ0n) is 13.8. The molecule has 4 nitrogen and oxygen atoms in total. The molecular formula is C17H28N2O2. The van der Waals surface area contributed by atoms with E-state index in [4.69, 9.17) is 9.47 Å². The molecule has 0 saturated heterocycles. The lowest BCUT2D eigenvalue weighted by Gasteiger charge is -2.52. The lowest BCUT2D eigenvalue weighted by atomic mass is 9.64. The van der Waals surface area contributed by atoms with Crippen LogP contribution in [0.25, 0.3) is 0 Å². The Morgan fingerprint density at radius 1 is 1.43 bits per heavy atom. The quantitative estimate of drug-likeness (QED) is 0.831. The molecule has 1 fully saturated rings. The van der Waals surface area contributed by atoms with Gasteiger partial charge in [-0.05, 0) is 31.4 Å². The van der Waals surface area contributed by atoms with Crippen molar-refractivity contribution in [3.63, 3.8) is 0 Å². The summed E-state index contributed by atoms with van der Waals surface area (Å²) in [5.74, 6) is 1.26. The van der Waals surface area contributed by atoms with E-state index in [1.807, 2.05) is 19.1 Å². The fourth-order valence-corrected chi connectivity index (χ4v) is 2.66. The molecule has 0 aromatic carbocycles. The van der Waals surface area contributed by atoms with Gasteiger partial charge in [-0.15, -0.1) is 0 Å². The molecule has 2 unspecified atom stereocenters. The van der Waals surface area contributed by atoms with Crippen molar-refractivity contribution in [2.45, 2.75) is 53.2 Å². The fraction of sp³-hybridized carbons (Fsp3) is 0.706. The van der Waals surface area contributed by atoms with Crippen LogP contribution in [0.5, 0.6) is 5.88 Å². The van der Waals surface area contributed by atoms with Crippen LogP contribution < -0.4 is 10.1 Å². The van der Waals surface area contributed by atoms with Crippen LogP contribution in [-0.4, -0.2) is 30.3 Å². The van der Waals surface area contributed by atoms with Crippen LogP contribution in [0, 0.1) is 11.3 Å². The summed E-state index contributed by atoms with van der Waals surface area (Å²) in [6.45, 7) is 12.3. The molecule has 1 aliphatic carbocycles. The molecule has 4 heteroatoms. The van der Waals surface area contributed by atoms with E-state index in [1.54, 1.807) is 6.20 Å². The number of nitrogens with one attached hydrogen (secondary N) is 1. The number of pyridine rings is 1. The Kier molecular flexibility index (Phi) is 5.09. The van der Waals surface area contributed by atoms with Crippen molar-refractivity contribution in [1.82, 2.24) is 4.98 Å². The summed E-state index contributed by atoms with van der Waals surface area (Å²) in [5, 5.41) is 3.57. The molecule has 118 valence electrons. The van der Waals surface area contributed by atoms with Crippen molar-refractivity contribution < 1.29 is 9.47 Å². The highest BCUT2D eigenvalue weighted by molar-refractivity contribution is 5.53. The van der Waals surface area contributed by atoms with Gasteiger partial charge in [0.1, 0.15) is 0 Å². The Morgan fingerprint density at radius 2 is 2.19 bits per heavy atom. The van der Waals surface area contributed by atoms with Crippen LogP contribution in [0.15, 0.2) is 18.3 Å². The molecule has 0 amide bonds. The van der Waals surface area contributed by atoms with Gasteiger partial charge in [0, 0.05) is 24.3 Å². The molecule has 1 N–H and O–H groups in total. The van der Waals surface area contributed by atoms with Crippen LogP contribution in [0.4, 0.5) is 5.69 Å². The normalized spacial score (nSPS) is 23.7. The first-order valence-corrected chi connectivity index (χ1v) is 7.91. The summed E-state index contributed by atoms with van der Waals surface area (Å²) in [6.07, 6.45) is 3.11.